The number of piperidine rings is 1. The van der Waals surface area contributed by atoms with Gasteiger partial charge in [0.15, 0.2) is 5.69 Å². The van der Waals surface area contributed by atoms with Crippen LogP contribution in [0, 0.1) is 11.8 Å². The van der Waals surface area contributed by atoms with Gasteiger partial charge in [0.2, 0.25) is 5.89 Å². The smallest absolute Gasteiger partial charge is 0.273 e. The summed E-state index contributed by atoms with van der Waals surface area (Å²) in [5.41, 5.74) is 0.408. The van der Waals surface area contributed by atoms with Gasteiger partial charge in [-0.05, 0) is 50.6 Å². The molecule has 2 fully saturated rings. The van der Waals surface area contributed by atoms with Gasteiger partial charge in [-0.2, -0.15) is 0 Å². The van der Waals surface area contributed by atoms with Crippen LogP contribution in [0.3, 0.4) is 0 Å². The van der Waals surface area contributed by atoms with E-state index in [1.54, 1.807) is 0 Å². The summed E-state index contributed by atoms with van der Waals surface area (Å²) in [5, 5.41) is 2.91. The lowest BCUT2D eigenvalue weighted by atomic mass is 9.99. The monoisotopic (exact) mass is 277 g/mol. The molecule has 1 aromatic heterocycles. The van der Waals surface area contributed by atoms with Crippen molar-refractivity contribution in [2.45, 2.75) is 39.2 Å². The van der Waals surface area contributed by atoms with Crippen LogP contribution in [0.1, 0.15) is 49.0 Å². The number of oxazole rings is 1. The number of carbonyl (C=O) groups excluding carboxylic acids is 1. The number of amides is 1. The number of rotatable bonds is 5. The highest BCUT2D eigenvalue weighted by molar-refractivity contribution is 5.91. The molecule has 5 nitrogen and oxygen atoms in total. The zero-order valence-electron chi connectivity index (χ0n) is 12.1. The van der Waals surface area contributed by atoms with Crippen LogP contribution in [0.4, 0.5) is 0 Å². The number of likely N-dealkylation sites (tertiary alicyclic amines) is 1. The molecule has 1 saturated carbocycles. The number of nitrogens with zero attached hydrogens (tertiary/aromatic N) is 2. The lowest BCUT2D eigenvalue weighted by Crippen LogP contribution is -2.32. The Hall–Kier alpha value is -1.36. The Morgan fingerprint density at radius 3 is 2.85 bits per heavy atom. The first kappa shape index (κ1) is 13.6. The fraction of sp³-hybridized carbons (Fsp3) is 0.733. The molecule has 0 aromatic carbocycles. The van der Waals surface area contributed by atoms with Gasteiger partial charge in [-0.15, -0.1) is 0 Å². The zero-order valence-corrected chi connectivity index (χ0v) is 12.1. The Morgan fingerprint density at radius 2 is 2.15 bits per heavy atom. The minimum absolute atomic E-state index is 0.112. The number of nitrogens with one attached hydrogen (secondary N) is 1. The maximum Gasteiger partial charge on any atom is 0.273 e. The van der Waals surface area contributed by atoms with Gasteiger partial charge in [-0.3, -0.25) is 9.69 Å². The molecule has 1 amide bonds. The van der Waals surface area contributed by atoms with Crippen LogP contribution < -0.4 is 5.32 Å². The standard InChI is InChI=1S/C15H23N3O2/c1-11-4-6-18(7-5-11)9-14-17-13(10-20-14)15(19)16-8-12-2-3-12/h10-12H,2-9H2,1H3,(H,16,19). The molecule has 0 atom stereocenters. The SMILES string of the molecule is CC1CCN(Cc2nc(C(=O)NCC3CC3)co2)CC1. The highest BCUT2D eigenvalue weighted by Crippen LogP contribution is 2.27. The normalized spacial score (nSPS) is 21.1. The Bertz CT molecular complexity index is 459. The van der Waals surface area contributed by atoms with Crippen molar-refractivity contribution in [1.29, 1.82) is 0 Å². The molecule has 20 heavy (non-hydrogen) atoms. The van der Waals surface area contributed by atoms with Gasteiger partial charge in [0.25, 0.3) is 5.91 Å². The van der Waals surface area contributed by atoms with E-state index in [2.05, 4.69) is 22.1 Å². The Morgan fingerprint density at radius 1 is 1.40 bits per heavy atom. The van der Waals surface area contributed by atoms with E-state index in [0.29, 0.717) is 24.0 Å². The molecule has 3 rings (SSSR count). The average Bonchev–Trinajstić information content (AvgIpc) is 3.17. The molecule has 2 aliphatic rings. The molecule has 0 spiro atoms. The van der Waals surface area contributed by atoms with E-state index in [4.69, 9.17) is 4.42 Å². The van der Waals surface area contributed by atoms with Crippen LogP contribution in [-0.2, 0) is 6.54 Å². The molecule has 1 aliphatic heterocycles. The molecule has 0 unspecified atom stereocenters. The van der Waals surface area contributed by atoms with Crippen molar-refractivity contribution >= 4 is 5.91 Å². The van der Waals surface area contributed by atoms with Crippen LogP contribution in [0.25, 0.3) is 0 Å². The second-order valence-electron chi connectivity index (χ2n) is 6.24. The quantitative estimate of drug-likeness (QED) is 0.895. The van der Waals surface area contributed by atoms with Gasteiger partial charge >= 0.3 is 0 Å². The van der Waals surface area contributed by atoms with Crippen molar-refractivity contribution in [1.82, 2.24) is 15.2 Å². The van der Waals surface area contributed by atoms with Gasteiger partial charge in [-0.25, -0.2) is 4.98 Å². The first-order chi connectivity index (χ1) is 9.70. The topological polar surface area (TPSA) is 58.4 Å². The zero-order chi connectivity index (χ0) is 13.9. The van der Waals surface area contributed by atoms with Gasteiger partial charge in [0, 0.05) is 6.54 Å². The third-order valence-corrected chi connectivity index (χ3v) is 4.27. The minimum atomic E-state index is -0.112. The van der Waals surface area contributed by atoms with Crippen molar-refractivity contribution in [3.8, 4) is 0 Å². The predicted octanol–water partition coefficient (Wildman–Crippen LogP) is 2.05. The van der Waals surface area contributed by atoms with Crippen molar-refractivity contribution in [2.75, 3.05) is 19.6 Å². The molecular formula is C15H23N3O2. The number of carbonyl (C=O) groups is 1. The van der Waals surface area contributed by atoms with E-state index in [0.717, 1.165) is 25.6 Å². The summed E-state index contributed by atoms with van der Waals surface area (Å²) in [7, 11) is 0. The summed E-state index contributed by atoms with van der Waals surface area (Å²) < 4.78 is 5.42. The van der Waals surface area contributed by atoms with Crippen molar-refractivity contribution < 1.29 is 9.21 Å². The first-order valence-electron chi connectivity index (χ1n) is 7.65. The number of hydrogen-bond donors (Lipinski definition) is 1. The summed E-state index contributed by atoms with van der Waals surface area (Å²) in [6.07, 6.45) is 6.41. The number of aromatic nitrogens is 1. The molecular weight excluding hydrogens is 254 g/mol. The van der Waals surface area contributed by atoms with Crippen molar-refractivity contribution in [3.05, 3.63) is 17.8 Å². The van der Waals surface area contributed by atoms with E-state index in [9.17, 15) is 4.79 Å². The van der Waals surface area contributed by atoms with E-state index < -0.39 is 0 Å². The molecule has 1 N–H and O–H groups in total. The van der Waals surface area contributed by atoms with Gasteiger partial charge < -0.3 is 9.73 Å². The van der Waals surface area contributed by atoms with E-state index >= 15 is 0 Å². The lowest BCUT2D eigenvalue weighted by molar-refractivity contribution is 0.0946. The summed E-state index contributed by atoms with van der Waals surface area (Å²) in [6.45, 7) is 5.96. The Kier molecular flexibility index (Phi) is 4.05. The summed E-state index contributed by atoms with van der Waals surface area (Å²) >= 11 is 0. The Labute approximate surface area is 119 Å². The molecule has 110 valence electrons. The highest BCUT2D eigenvalue weighted by atomic mass is 16.3. The third kappa shape index (κ3) is 3.60. The molecule has 0 radical (unpaired) electrons. The summed E-state index contributed by atoms with van der Waals surface area (Å²) in [5.74, 6) is 2.04. The van der Waals surface area contributed by atoms with E-state index in [1.807, 2.05) is 0 Å². The molecule has 1 aliphatic carbocycles. The highest BCUT2D eigenvalue weighted by Gasteiger charge is 2.23. The number of hydrogen-bond acceptors (Lipinski definition) is 4. The summed E-state index contributed by atoms with van der Waals surface area (Å²) in [6, 6.07) is 0. The third-order valence-electron chi connectivity index (χ3n) is 4.27. The van der Waals surface area contributed by atoms with Crippen LogP contribution in [0.5, 0.6) is 0 Å². The minimum Gasteiger partial charge on any atom is -0.447 e. The molecule has 5 heteroatoms. The van der Waals surface area contributed by atoms with Gasteiger partial charge in [0.05, 0.1) is 6.54 Å². The van der Waals surface area contributed by atoms with E-state index in [-0.39, 0.29) is 5.91 Å². The van der Waals surface area contributed by atoms with E-state index in [1.165, 1.54) is 31.9 Å². The summed E-state index contributed by atoms with van der Waals surface area (Å²) in [4.78, 5) is 18.5. The van der Waals surface area contributed by atoms with Gasteiger partial charge in [0.1, 0.15) is 6.26 Å². The average molecular weight is 277 g/mol. The predicted molar refractivity (Wildman–Crippen MR) is 75.2 cm³/mol. The van der Waals surface area contributed by atoms with Crippen molar-refractivity contribution in [2.24, 2.45) is 11.8 Å². The molecule has 1 saturated heterocycles. The maximum atomic E-state index is 11.9. The molecule has 0 bridgehead atoms. The maximum absolute atomic E-state index is 11.9. The Balaban J connectivity index is 1.49. The second-order valence-corrected chi connectivity index (χ2v) is 6.24. The fourth-order valence-electron chi connectivity index (χ4n) is 2.55. The fourth-order valence-corrected chi connectivity index (χ4v) is 2.55. The van der Waals surface area contributed by atoms with Crippen molar-refractivity contribution in [3.63, 3.8) is 0 Å². The lowest BCUT2D eigenvalue weighted by Gasteiger charge is -2.28. The van der Waals surface area contributed by atoms with Crippen LogP contribution in [-0.4, -0.2) is 35.4 Å². The largest absolute Gasteiger partial charge is 0.447 e. The van der Waals surface area contributed by atoms with Crippen LogP contribution in [0.15, 0.2) is 10.7 Å². The van der Waals surface area contributed by atoms with Crippen LogP contribution >= 0.6 is 0 Å². The van der Waals surface area contributed by atoms with Gasteiger partial charge in [-0.1, -0.05) is 6.92 Å². The van der Waals surface area contributed by atoms with Crippen LogP contribution in [0.2, 0.25) is 0 Å². The first-order valence-corrected chi connectivity index (χ1v) is 7.65. The molecule has 2 heterocycles. The molecule has 1 aromatic rings. The second kappa shape index (κ2) is 5.95.